The van der Waals surface area contributed by atoms with Crippen LogP contribution in [0.2, 0.25) is 5.02 Å². The number of thiazole rings is 1. The predicted molar refractivity (Wildman–Crippen MR) is 122 cm³/mol. The average molecular weight is 457 g/mol. The number of nitrogen functional groups attached to an aromatic ring is 1. The molecule has 7 nitrogen and oxygen atoms in total. The van der Waals surface area contributed by atoms with Gasteiger partial charge in [-0.1, -0.05) is 65.8 Å². The zero-order valence-electron chi connectivity index (χ0n) is 15.7. The molecular formula is C20H17ClN6OS2. The molecule has 2 aromatic heterocycles. The Labute approximate surface area is 186 Å². The number of carbonyl (C=O) groups excluding carboxylic acids is 1. The van der Waals surface area contributed by atoms with Crippen molar-refractivity contribution < 1.29 is 4.79 Å². The van der Waals surface area contributed by atoms with Crippen LogP contribution in [0.1, 0.15) is 5.56 Å². The van der Waals surface area contributed by atoms with Crippen molar-refractivity contribution in [3.63, 3.8) is 0 Å². The number of hydrogen-bond donors (Lipinski definition) is 2. The summed E-state index contributed by atoms with van der Waals surface area (Å²) in [4.78, 5) is 23.5. The van der Waals surface area contributed by atoms with E-state index in [1.807, 2.05) is 60.0 Å². The number of anilines is 2. The van der Waals surface area contributed by atoms with E-state index in [4.69, 9.17) is 22.3 Å². The number of carbonyl (C=O) groups is 1. The van der Waals surface area contributed by atoms with Crippen LogP contribution in [0.4, 0.5) is 11.1 Å². The third kappa shape index (κ3) is 4.99. The van der Waals surface area contributed by atoms with Gasteiger partial charge in [0, 0.05) is 16.0 Å². The fourth-order valence-electron chi connectivity index (χ4n) is 2.70. The van der Waals surface area contributed by atoms with Gasteiger partial charge in [0.15, 0.2) is 5.13 Å². The van der Waals surface area contributed by atoms with E-state index >= 15 is 0 Å². The topological polar surface area (TPSA) is 101 Å². The minimum Gasteiger partial charge on any atom is -0.368 e. The van der Waals surface area contributed by atoms with E-state index in [0.717, 1.165) is 16.8 Å². The first-order chi connectivity index (χ1) is 14.6. The van der Waals surface area contributed by atoms with Crippen LogP contribution < -0.4 is 10.6 Å². The number of benzene rings is 2. The molecule has 0 aliphatic heterocycles. The number of hydrogen-bond acceptors (Lipinski definition) is 7. The lowest BCUT2D eigenvalue weighted by Crippen LogP contribution is -2.31. The second kappa shape index (κ2) is 9.29. The fraction of sp³-hybridized carbons (Fsp3) is 0.100. The first-order valence-electron chi connectivity index (χ1n) is 8.95. The third-order valence-electron chi connectivity index (χ3n) is 4.15. The number of nitrogens with two attached hydrogens (primary N) is 1. The smallest absolute Gasteiger partial charge is 0.239 e. The standard InChI is InChI=1S/C20H17ClN6OS2/c21-15-8-6-14(7-9-15)16-11-30-20(23-16)27(10-13-4-2-1-3-5-13)17(28)12-29-19-24-18(22)25-26-19/h1-9,11H,10,12H2,(H3,22,24,25,26). The molecule has 0 atom stereocenters. The fourth-order valence-corrected chi connectivity index (χ4v) is 4.35. The van der Waals surface area contributed by atoms with Crippen LogP contribution in [0.3, 0.4) is 0 Å². The summed E-state index contributed by atoms with van der Waals surface area (Å²) in [5, 5.41) is 10.2. The number of nitrogens with zero attached hydrogens (tertiary/aromatic N) is 4. The number of halogens is 1. The summed E-state index contributed by atoms with van der Waals surface area (Å²) in [7, 11) is 0. The summed E-state index contributed by atoms with van der Waals surface area (Å²) in [6.07, 6.45) is 0. The molecule has 10 heteroatoms. The molecule has 2 aromatic carbocycles. The lowest BCUT2D eigenvalue weighted by Gasteiger charge is -2.19. The van der Waals surface area contributed by atoms with E-state index in [-0.39, 0.29) is 17.6 Å². The molecule has 0 aliphatic carbocycles. The lowest BCUT2D eigenvalue weighted by atomic mass is 10.2. The van der Waals surface area contributed by atoms with Crippen LogP contribution >= 0.6 is 34.7 Å². The Kier molecular flexibility index (Phi) is 6.32. The Morgan fingerprint density at radius 1 is 1.13 bits per heavy atom. The molecule has 2 heterocycles. The Hall–Kier alpha value is -2.88. The van der Waals surface area contributed by atoms with E-state index in [2.05, 4.69) is 15.2 Å². The van der Waals surface area contributed by atoms with Crippen molar-refractivity contribution in [1.82, 2.24) is 20.2 Å². The molecule has 0 saturated carbocycles. The first-order valence-corrected chi connectivity index (χ1v) is 11.2. The summed E-state index contributed by atoms with van der Waals surface area (Å²) < 4.78 is 0. The molecule has 0 saturated heterocycles. The second-order valence-corrected chi connectivity index (χ2v) is 8.50. The van der Waals surface area contributed by atoms with Crippen LogP contribution in [0.5, 0.6) is 0 Å². The average Bonchev–Trinajstić information content (AvgIpc) is 3.41. The Bertz CT molecular complexity index is 1130. The van der Waals surface area contributed by atoms with Crippen LogP contribution in [-0.4, -0.2) is 31.8 Å². The van der Waals surface area contributed by atoms with E-state index < -0.39 is 0 Å². The number of aromatic nitrogens is 4. The molecule has 152 valence electrons. The number of thioether (sulfide) groups is 1. The van der Waals surface area contributed by atoms with Gasteiger partial charge in [0.2, 0.25) is 17.0 Å². The summed E-state index contributed by atoms with van der Waals surface area (Å²) in [5.41, 5.74) is 8.31. The van der Waals surface area contributed by atoms with Crippen molar-refractivity contribution in [3.05, 3.63) is 70.6 Å². The number of aromatic amines is 1. The van der Waals surface area contributed by atoms with Gasteiger partial charge < -0.3 is 5.73 Å². The number of H-pyrrole nitrogens is 1. The van der Waals surface area contributed by atoms with Gasteiger partial charge in [0.1, 0.15) is 0 Å². The molecule has 1 amide bonds. The van der Waals surface area contributed by atoms with E-state index in [1.165, 1.54) is 23.1 Å². The highest BCUT2D eigenvalue weighted by Crippen LogP contribution is 2.30. The summed E-state index contributed by atoms with van der Waals surface area (Å²) in [6, 6.07) is 17.3. The van der Waals surface area contributed by atoms with E-state index in [9.17, 15) is 4.79 Å². The third-order valence-corrected chi connectivity index (χ3v) is 6.10. The predicted octanol–water partition coefficient (Wildman–Crippen LogP) is 4.49. The number of nitrogens with one attached hydrogen (secondary N) is 1. The van der Waals surface area contributed by atoms with Crippen molar-refractivity contribution in [2.24, 2.45) is 0 Å². The molecular weight excluding hydrogens is 440 g/mol. The molecule has 0 radical (unpaired) electrons. The zero-order valence-corrected chi connectivity index (χ0v) is 18.0. The van der Waals surface area contributed by atoms with Crippen molar-refractivity contribution in [2.75, 3.05) is 16.4 Å². The lowest BCUT2D eigenvalue weighted by molar-refractivity contribution is -0.116. The van der Waals surface area contributed by atoms with E-state index in [1.54, 1.807) is 4.90 Å². The van der Waals surface area contributed by atoms with Gasteiger partial charge in [-0.25, -0.2) is 10.1 Å². The number of rotatable bonds is 7. The van der Waals surface area contributed by atoms with Crippen LogP contribution in [0.25, 0.3) is 11.3 Å². The van der Waals surface area contributed by atoms with Gasteiger partial charge in [0.05, 0.1) is 18.0 Å². The minimum absolute atomic E-state index is 0.0933. The van der Waals surface area contributed by atoms with Crippen LogP contribution in [0.15, 0.2) is 65.1 Å². The molecule has 0 spiro atoms. The van der Waals surface area contributed by atoms with Gasteiger partial charge in [-0.05, 0) is 17.7 Å². The molecule has 0 aliphatic rings. The van der Waals surface area contributed by atoms with Crippen molar-refractivity contribution in [1.29, 1.82) is 0 Å². The SMILES string of the molecule is Nc1nc(SCC(=O)N(Cc2ccccc2)c2nc(-c3ccc(Cl)cc3)cs2)n[nH]1. The molecule has 4 aromatic rings. The van der Waals surface area contributed by atoms with Crippen LogP contribution in [0, 0.1) is 0 Å². The molecule has 30 heavy (non-hydrogen) atoms. The highest BCUT2D eigenvalue weighted by atomic mass is 35.5. The minimum atomic E-state index is -0.0933. The molecule has 0 fully saturated rings. The summed E-state index contributed by atoms with van der Waals surface area (Å²) >= 11 is 8.63. The maximum atomic E-state index is 13.1. The van der Waals surface area contributed by atoms with Crippen molar-refractivity contribution >= 4 is 51.7 Å². The van der Waals surface area contributed by atoms with Gasteiger partial charge in [-0.15, -0.1) is 16.4 Å². The largest absolute Gasteiger partial charge is 0.368 e. The van der Waals surface area contributed by atoms with Gasteiger partial charge >= 0.3 is 0 Å². The second-order valence-electron chi connectivity index (χ2n) is 6.28. The van der Waals surface area contributed by atoms with Gasteiger partial charge in [-0.3, -0.25) is 9.69 Å². The molecule has 4 rings (SSSR count). The summed E-state index contributed by atoms with van der Waals surface area (Å²) in [5.74, 6) is 0.294. The number of amides is 1. The highest BCUT2D eigenvalue weighted by Gasteiger charge is 2.21. The summed E-state index contributed by atoms with van der Waals surface area (Å²) in [6.45, 7) is 0.421. The normalized spacial score (nSPS) is 10.8. The zero-order chi connectivity index (χ0) is 20.9. The Morgan fingerprint density at radius 3 is 2.60 bits per heavy atom. The van der Waals surface area contributed by atoms with E-state index in [0.29, 0.717) is 21.9 Å². The van der Waals surface area contributed by atoms with Crippen LogP contribution in [-0.2, 0) is 11.3 Å². The quantitative estimate of drug-likeness (QED) is 0.397. The first kappa shape index (κ1) is 20.4. The highest BCUT2D eigenvalue weighted by molar-refractivity contribution is 7.99. The molecule has 0 unspecified atom stereocenters. The Morgan fingerprint density at radius 2 is 1.90 bits per heavy atom. The van der Waals surface area contributed by atoms with Crippen molar-refractivity contribution in [2.45, 2.75) is 11.7 Å². The maximum Gasteiger partial charge on any atom is 0.239 e. The molecule has 0 bridgehead atoms. The Balaban J connectivity index is 1.56. The molecule has 3 N–H and O–H groups in total. The van der Waals surface area contributed by atoms with Crippen molar-refractivity contribution in [3.8, 4) is 11.3 Å². The maximum absolute atomic E-state index is 13.1. The van der Waals surface area contributed by atoms with Gasteiger partial charge in [-0.2, -0.15) is 4.98 Å². The monoisotopic (exact) mass is 456 g/mol. The van der Waals surface area contributed by atoms with Gasteiger partial charge in [0.25, 0.3) is 0 Å².